The Hall–Kier alpha value is -1.10. The van der Waals surface area contributed by atoms with Gasteiger partial charge in [-0.1, -0.05) is 5.57 Å². The van der Waals surface area contributed by atoms with Gasteiger partial charge in [-0.15, -0.1) is 0 Å². The van der Waals surface area contributed by atoms with Gasteiger partial charge in [-0.25, -0.2) is 0 Å². The van der Waals surface area contributed by atoms with Gasteiger partial charge >= 0.3 is 0 Å². The highest BCUT2D eigenvalue weighted by atomic mass is 14.6. The molecule has 0 aromatic carbocycles. The molecule has 0 amide bonds. The van der Waals surface area contributed by atoms with Crippen molar-refractivity contribution in [3.8, 4) is 6.07 Å². The molecular formula is C9H14N2. The normalized spacial score (nSPS) is 14.9. The maximum atomic E-state index is 8.50. The highest BCUT2D eigenvalue weighted by molar-refractivity contribution is 5.71. The second-order valence-electron chi connectivity index (χ2n) is 2.65. The Kier molecular flexibility index (Phi) is 5.10. The Morgan fingerprint density at radius 2 is 2.36 bits per heavy atom. The molecular weight excluding hydrogens is 136 g/mol. The van der Waals surface area contributed by atoms with Crippen LogP contribution in [-0.2, 0) is 0 Å². The van der Waals surface area contributed by atoms with Gasteiger partial charge in [-0.05, 0) is 26.3 Å². The monoisotopic (exact) mass is 150 g/mol. The summed E-state index contributed by atoms with van der Waals surface area (Å²) in [6.45, 7) is 3.93. The van der Waals surface area contributed by atoms with Crippen LogP contribution in [0.2, 0.25) is 0 Å². The first-order chi connectivity index (χ1) is 5.20. The third kappa shape index (κ3) is 5.35. The number of hydrogen-bond donors (Lipinski definition) is 0. The Bertz CT molecular complexity index is 196. The molecule has 0 aromatic heterocycles. The molecule has 1 unspecified atom stereocenters. The van der Waals surface area contributed by atoms with Crippen LogP contribution in [0.15, 0.2) is 16.6 Å². The molecule has 0 saturated carbocycles. The highest BCUT2D eigenvalue weighted by Gasteiger charge is 1.98. The van der Waals surface area contributed by atoms with E-state index in [9.17, 15) is 0 Å². The molecule has 0 heterocycles. The van der Waals surface area contributed by atoms with Gasteiger partial charge in [0.05, 0.1) is 6.07 Å². The SMILES string of the molecule is C/N=C\C=C(\C)CC(C)C#N. The first kappa shape index (κ1) is 9.90. The fourth-order valence-electron chi connectivity index (χ4n) is 0.798. The molecule has 11 heavy (non-hydrogen) atoms. The van der Waals surface area contributed by atoms with E-state index in [0.29, 0.717) is 0 Å². The summed E-state index contributed by atoms with van der Waals surface area (Å²) >= 11 is 0. The summed E-state index contributed by atoms with van der Waals surface area (Å²) in [5.74, 6) is 0.108. The van der Waals surface area contributed by atoms with Crippen LogP contribution in [0.5, 0.6) is 0 Å². The van der Waals surface area contributed by atoms with Crippen LogP contribution in [0, 0.1) is 17.2 Å². The molecule has 0 spiro atoms. The summed E-state index contributed by atoms with van der Waals surface area (Å²) in [6, 6.07) is 2.19. The lowest BCUT2D eigenvalue weighted by atomic mass is 10.0. The zero-order valence-electron chi connectivity index (χ0n) is 7.33. The number of allylic oxidation sites excluding steroid dienone is 2. The molecule has 0 rings (SSSR count). The number of nitrogens with zero attached hydrogens (tertiary/aromatic N) is 2. The average molecular weight is 150 g/mol. The molecule has 60 valence electrons. The van der Waals surface area contributed by atoms with Crippen LogP contribution in [0.25, 0.3) is 0 Å². The Morgan fingerprint density at radius 1 is 1.73 bits per heavy atom. The predicted molar refractivity (Wildman–Crippen MR) is 47.6 cm³/mol. The number of hydrogen-bond acceptors (Lipinski definition) is 2. The van der Waals surface area contributed by atoms with E-state index in [1.165, 1.54) is 5.57 Å². The molecule has 0 saturated heterocycles. The summed E-state index contributed by atoms with van der Waals surface area (Å²) < 4.78 is 0. The van der Waals surface area contributed by atoms with Crippen molar-refractivity contribution in [1.82, 2.24) is 0 Å². The van der Waals surface area contributed by atoms with E-state index in [1.54, 1.807) is 13.3 Å². The quantitative estimate of drug-likeness (QED) is 0.568. The number of nitriles is 1. The summed E-state index contributed by atoms with van der Waals surface area (Å²) in [5, 5.41) is 8.50. The van der Waals surface area contributed by atoms with Crippen molar-refractivity contribution in [3.05, 3.63) is 11.6 Å². The first-order valence-electron chi connectivity index (χ1n) is 3.68. The van der Waals surface area contributed by atoms with Crippen LogP contribution in [0.1, 0.15) is 20.3 Å². The van der Waals surface area contributed by atoms with Gasteiger partial charge in [-0.3, -0.25) is 4.99 Å². The van der Waals surface area contributed by atoms with Gasteiger partial charge < -0.3 is 0 Å². The van der Waals surface area contributed by atoms with Crippen molar-refractivity contribution in [2.75, 3.05) is 7.05 Å². The van der Waals surface area contributed by atoms with Crippen LogP contribution >= 0.6 is 0 Å². The number of aliphatic imine (C=N–C) groups is 1. The largest absolute Gasteiger partial charge is 0.297 e. The summed E-state index contributed by atoms with van der Waals surface area (Å²) in [6.07, 6.45) is 4.52. The second-order valence-corrected chi connectivity index (χ2v) is 2.65. The van der Waals surface area contributed by atoms with Gasteiger partial charge in [0.15, 0.2) is 0 Å². The van der Waals surface area contributed by atoms with Gasteiger partial charge in [0.1, 0.15) is 0 Å². The van der Waals surface area contributed by atoms with Crippen LogP contribution < -0.4 is 0 Å². The molecule has 0 aliphatic rings. The van der Waals surface area contributed by atoms with Gasteiger partial charge in [-0.2, -0.15) is 5.26 Å². The molecule has 0 aromatic rings. The fraction of sp³-hybridized carbons (Fsp3) is 0.556. The van der Waals surface area contributed by atoms with E-state index in [-0.39, 0.29) is 5.92 Å². The molecule has 0 aliphatic carbocycles. The summed E-state index contributed by atoms with van der Waals surface area (Å²) in [5.41, 5.74) is 1.20. The van der Waals surface area contributed by atoms with Crippen molar-refractivity contribution >= 4 is 6.21 Å². The first-order valence-corrected chi connectivity index (χ1v) is 3.68. The lowest BCUT2D eigenvalue weighted by molar-refractivity contribution is 0.732. The molecule has 1 atom stereocenters. The molecule has 0 radical (unpaired) electrons. The maximum Gasteiger partial charge on any atom is 0.0656 e. The third-order valence-electron chi connectivity index (χ3n) is 1.36. The second kappa shape index (κ2) is 5.67. The average Bonchev–Trinajstić information content (AvgIpc) is 2.00. The van der Waals surface area contributed by atoms with E-state index < -0.39 is 0 Å². The zero-order valence-corrected chi connectivity index (χ0v) is 7.33. The van der Waals surface area contributed by atoms with Crippen LogP contribution in [0.4, 0.5) is 0 Å². The molecule has 0 aliphatic heterocycles. The van der Waals surface area contributed by atoms with Crippen molar-refractivity contribution < 1.29 is 0 Å². The lowest BCUT2D eigenvalue weighted by Crippen LogP contribution is -1.90. The Morgan fingerprint density at radius 3 is 2.82 bits per heavy atom. The molecule has 0 bridgehead atoms. The molecule has 0 fully saturated rings. The minimum absolute atomic E-state index is 0.108. The van der Waals surface area contributed by atoms with Gasteiger partial charge in [0, 0.05) is 19.2 Å². The third-order valence-corrected chi connectivity index (χ3v) is 1.36. The van der Waals surface area contributed by atoms with E-state index in [1.807, 2.05) is 19.9 Å². The highest BCUT2D eigenvalue weighted by Crippen LogP contribution is 2.08. The van der Waals surface area contributed by atoms with E-state index in [2.05, 4.69) is 11.1 Å². The summed E-state index contributed by atoms with van der Waals surface area (Å²) in [4.78, 5) is 3.82. The van der Waals surface area contributed by atoms with E-state index in [4.69, 9.17) is 5.26 Å². The van der Waals surface area contributed by atoms with Crippen LogP contribution in [0.3, 0.4) is 0 Å². The standard InChI is InChI=1S/C9H14N2/c1-8(4-5-11-3)6-9(2)7-10/h4-5,9H,6H2,1-3H3/b8-4-,11-5-. The molecule has 2 heteroatoms. The van der Waals surface area contributed by atoms with Gasteiger partial charge in [0.2, 0.25) is 0 Å². The molecule has 2 nitrogen and oxygen atoms in total. The van der Waals surface area contributed by atoms with Crippen molar-refractivity contribution in [2.24, 2.45) is 10.9 Å². The molecule has 0 N–H and O–H groups in total. The minimum Gasteiger partial charge on any atom is -0.297 e. The smallest absolute Gasteiger partial charge is 0.0656 e. The Balaban J connectivity index is 3.87. The van der Waals surface area contributed by atoms with Crippen LogP contribution in [-0.4, -0.2) is 13.3 Å². The van der Waals surface area contributed by atoms with Crippen molar-refractivity contribution in [1.29, 1.82) is 5.26 Å². The predicted octanol–water partition coefficient (Wildman–Crippen LogP) is 2.18. The van der Waals surface area contributed by atoms with Crippen molar-refractivity contribution in [3.63, 3.8) is 0 Å². The summed E-state index contributed by atoms with van der Waals surface area (Å²) in [7, 11) is 1.73. The number of rotatable bonds is 3. The topological polar surface area (TPSA) is 36.1 Å². The minimum atomic E-state index is 0.108. The van der Waals surface area contributed by atoms with Gasteiger partial charge in [0.25, 0.3) is 0 Å². The van der Waals surface area contributed by atoms with Crippen molar-refractivity contribution in [2.45, 2.75) is 20.3 Å². The van der Waals surface area contributed by atoms with E-state index in [0.717, 1.165) is 6.42 Å². The zero-order chi connectivity index (χ0) is 8.69. The lowest BCUT2D eigenvalue weighted by Gasteiger charge is -1.99. The van der Waals surface area contributed by atoms with E-state index >= 15 is 0 Å². The maximum absolute atomic E-state index is 8.50. The Labute approximate surface area is 68.3 Å². The fourth-order valence-corrected chi connectivity index (χ4v) is 0.798.